The van der Waals surface area contributed by atoms with E-state index in [4.69, 9.17) is 9.72 Å². The predicted molar refractivity (Wildman–Crippen MR) is 89.7 cm³/mol. The molecule has 1 atom stereocenters. The lowest BCUT2D eigenvalue weighted by atomic mass is 9.94. The number of rotatable bonds is 3. The van der Waals surface area contributed by atoms with Gasteiger partial charge in [-0.15, -0.1) is 0 Å². The molecule has 0 aliphatic carbocycles. The summed E-state index contributed by atoms with van der Waals surface area (Å²) >= 11 is 0. The van der Waals surface area contributed by atoms with Gasteiger partial charge in [0.25, 0.3) is 0 Å². The Morgan fingerprint density at radius 1 is 1.29 bits per heavy atom. The summed E-state index contributed by atoms with van der Waals surface area (Å²) in [7, 11) is 0. The van der Waals surface area contributed by atoms with Crippen molar-refractivity contribution in [3.63, 3.8) is 0 Å². The van der Waals surface area contributed by atoms with Gasteiger partial charge in [-0.1, -0.05) is 0 Å². The van der Waals surface area contributed by atoms with Crippen LogP contribution in [0.1, 0.15) is 24.5 Å². The van der Waals surface area contributed by atoms with Crippen LogP contribution in [0.15, 0.2) is 18.3 Å². The van der Waals surface area contributed by atoms with E-state index in [1.807, 2.05) is 4.90 Å². The molecule has 0 bridgehead atoms. The first-order valence-electron chi connectivity index (χ1n) is 8.67. The zero-order valence-electron chi connectivity index (χ0n) is 13.8. The van der Waals surface area contributed by atoms with E-state index in [-0.39, 0.29) is 5.91 Å². The molecule has 2 aliphatic heterocycles. The predicted octanol–water partition coefficient (Wildman–Crippen LogP) is 0.996. The molecule has 1 N–H and O–H groups in total. The van der Waals surface area contributed by atoms with Crippen LogP contribution in [0.3, 0.4) is 0 Å². The molecule has 0 unspecified atom stereocenters. The number of nitrogens with zero attached hydrogens (tertiary/aromatic N) is 4. The van der Waals surface area contributed by atoms with E-state index in [0.717, 1.165) is 42.7 Å². The number of nitrogens with one attached hydrogen (secondary N) is 1. The first kappa shape index (κ1) is 15.5. The maximum Gasteiger partial charge on any atom is 0.236 e. The number of fused-ring (bicyclic) bond motifs is 1. The fourth-order valence-corrected chi connectivity index (χ4v) is 3.61. The molecule has 0 radical (unpaired) electrons. The Kier molecular flexibility index (Phi) is 4.44. The fourth-order valence-electron chi connectivity index (χ4n) is 3.61. The van der Waals surface area contributed by atoms with Gasteiger partial charge in [0, 0.05) is 36.6 Å². The van der Waals surface area contributed by atoms with E-state index in [9.17, 15) is 4.79 Å². The molecule has 2 saturated heterocycles. The van der Waals surface area contributed by atoms with E-state index in [0.29, 0.717) is 38.8 Å². The topological polar surface area (TPSA) is 74.4 Å². The van der Waals surface area contributed by atoms with Crippen LogP contribution in [0.2, 0.25) is 0 Å². The molecule has 7 heteroatoms. The molecular formula is C17H23N5O2. The van der Waals surface area contributed by atoms with Crippen LogP contribution in [0, 0.1) is 0 Å². The summed E-state index contributed by atoms with van der Waals surface area (Å²) in [6.45, 7) is 5.12. The summed E-state index contributed by atoms with van der Waals surface area (Å²) in [6.07, 6.45) is 4.01. The molecule has 2 aliphatic rings. The summed E-state index contributed by atoms with van der Waals surface area (Å²) in [4.78, 5) is 21.3. The largest absolute Gasteiger partial charge is 0.378 e. The minimum atomic E-state index is 0.218. The van der Waals surface area contributed by atoms with Crippen molar-refractivity contribution in [2.45, 2.75) is 18.8 Å². The van der Waals surface area contributed by atoms with Crippen molar-refractivity contribution in [3.8, 4) is 0 Å². The number of piperidine rings is 1. The number of morpholine rings is 1. The highest BCUT2D eigenvalue weighted by Crippen LogP contribution is 2.26. The van der Waals surface area contributed by atoms with Crippen molar-refractivity contribution < 1.29 is 9.53 Å². The summed E-state index contributed by atoms with van der Waals surface area (Å²) in [6, 6.07) is 4.16. The second-order valence-corrected chi connectivity index (χ2v) is 6.61. The monoisotopic (exact) mass is 329 g/mol. The summed E-state index contributed by atoms with van der Waals surface area (Å²) in [5.41, 5.74) is 1.93. The van der Waals surface area contributed by atoms with Gasteiger partial charge in [-0.25, -0.2) is 4.98 Å². The third-order valence-electron chi connectivity index (χ3n) is 4.97. The maximum absolute atomic E-state index is 12.4. The number of pyridine rings is 1. The third-order valence-corrected chi connectivity index (χ3v) is 4.97. The second-order valence-electron chi connectivity index (χ2n) is 6.61. The normalized spacial score (nSPS) is 22.8. The molecule has 1 amide bonds. The molecule has 0 saturated carbocycles. The Balaban J connectivity index is 1.40. The van der Waals surface area contributed by atoms with Gasteiger partial charge in [0.2, 0.25) is 5.91 Å². The van der Waals surface area contributed by atoms with Gasteiger partial charge < -0.3 is 9.64 Å². The zero-order valence-corrected chi connectivity index (χ0v) is 13.8. The highest BCUT2D eigenvalue weighted by atomic mass is 16.5. The SMILES string of the molecule is O=C(CN1CCC[C@@H](c2ccc3cn[nH]c3n2)C1)N1CCOCC1. The number of H-pyrrole nitrogens is 1. The number of aromatic amines is 1. The smallest absolute Gasteiger partial charge is 0.236 e. The number of hydrogen-bond donors (Lipinski definition) is 1. The minimum absolute atomic E-state index is 0.218. The third kappa shape index (κ3) is 3.27. The van der Waals surface area contributed by atoms with Gasteiger partial charge in [0.05, 0.1) is 26.0 Å². The standard InChI is InChI=1S/C17H23N5O2/c23-16(22-6-8-24-9-7-22)12-21-5-1-2-14(11-21)15-4-3-13-10-18-20-17(13)19-15/h3-4,10,14H,1-2,5-9,11-12H2,(H,18,19,20)/t14-/m1/s1. The fraction of sp³-hybridized carbons (Fsp3) is 0.588. The van der Waals surface area contributed by atoms with Crippen molar-refractivity contribution in [1.29, 1.82) is 0 Å². The van der Waals surface area contributed by atoms with Crippen LogP contribution in [-0.4, -0.2) is 76.8 Å². The van der Waals surface area contributed by atoms with E-state index in [1.165, 1.54) is 0 Å². The average Bonchev–Trinajstić information content (AvgIpc) is 3.10. The van der Waals surface area contributed by atoms with Crippen LogP contribution >= 0.6 is 0 Å². The quantitative estimate of drug-likeness (QED) is 0.909. The van der Waals surface area contributed by atoms with Crippen LogP contribution in [0.4, 0.5) is 0 Å². The van der Waals surface area contributed by atoms with E-state index >= 15 is 0 Å². The molecule has 128 valence electrons. The lowest BCUT2D eigenvalue weighted by Gasteiger charge is -2.34. The average molecular weight is 329 g/mol. The van der Waals surface area contributed by atoms with E-state index in [1.54, 1.807) is 6.20 Å². The summed E-state index contributed by atoms with van der Waals surface area (Å²) in [5, 5.41) is 8.01. The Labute approximate surface area is 141 Å². The van der Waals surface area contributed by atoms with Gasteiger partial charge in [-0.3, -0.25) is 14.8 Å². The Morgan fingerprint density at radius 2 is 2.17 bits per heavy atom. The first-order valence-corrected chi connectivity index (χ1v) is 8.67. The molecule has 7 nitrogen and oxygen atoms in total. The van der Waals surface area contributed by atoms with Crippen LogP contribution in [-0.2, 0) is 9.53 Å². The number of carbonyl (C=O) groups is 1. The molecule has 2 aromatic heterocycles. The molecule has 0 aromatic carbocycles. The van der Waals surface area contributed by atoms with Gasteiger partial charge in [0.1, 0.15) is 0 Å². The molecule has 2 aromatic rings. The lowest BCUT2D eigenvalue weighted by molar-refractivity contribution is -0.136. The van der Waals surface area contributed by atoms with Crippen molar-refractivity contribution in [2.75, 3.05) is 45.9 Å². The highest BCUT2D eigenvalue weighted by Gasteiger charge is 2.26. The molecule has 0 spiro atoms. The van der Waals surface area contributed by atoms with E-state index < -0.39 is 0 Å². The Bertz CT molecular complexity index is 710. The Morgan fingerprint density at radius 3 is 3.04 bits per heavy atom. The van der Waals surface area contributed by atoms with Gasteiger partial charge in [0.15, 0.2) is 5.65 Å². The van der Waals surface area contributed by atoms with Crippen molar-refractivity contribution >= 4 is 16.9 Å². The molecule has 2 fully saturated rings. The minimum Gasteiger partial charge on any atom is -0.378 e. The van der Waals surface area contributed by atoms with Crippen LogP contribution in [0.25, 0.3) is 11.0 Å². The number of ether oxygens (including phenoxy) is 1. The highest BCUT2D eigenvalue weighted by molar-refractivity contribution is 5.78. The molecule has 4 rings (SSSR count). The van der Waals surface area contributed by atoms with Gasteiger partial charge in [-0.05, 0) is 31.5 Å². The van der Waals surface area contributed by atoms with Crippen molar-refractivity contribution in [3.05, 3.63) is 24.0 Å². The second kappa shape index (κ2) is 6.86. The molecular weight excluding hydrogens is 306 g/mol. The zero-order chi connectivity index (χ0) is 16.4. The van der Waals surface area contributed by atoms with Crippen molar-refractivity contribution in [1.82, 2.24) is 25.0 Å². The first-order chi connectivity index (χ1) is 11.8. The molecule has 24 heavy (non-hydrogen) atoms. The number of likely N-dealkylation sites (tertiary alicyclic amines) is 1. The summed E-state index contributed by atoms with van der Waals surface area (Å²) < 4.78 is 5.32. The number of hydrogen-bond acceptors (Lipinski definition) is 5. The van der Waals surface area contributed by atoms with Gasteiger partial charge >= 0.3 is 0 Å². The maximum atomic E-state index is 12.4. The lowest BCUT2D eigenvalue weighted by Crippen LogP contribution is -2.47. The summed E-state index contributed by atoms with van der Waals surface area (Å²) in [5.74, 6) is 0.597. The Hall–Kier alpha value is -1.99. The number of aromatic nitrogens is 3. The molecule has 4 heterocycles. The van der Waals surface area contributed by atoms with Crippen molar-refractivity contribution in [2.24, 2.45) is 0 Å². The number of amides is 1. The van der Waals surface area contributed by atoms with Crippen LogP contribution in [0.5, 0.6) is 0 Å². The van der Waals surface area contributed by atoms with Crippen LogP contribution < -0.4 is 0 Å². The van der Waals surface area contributed by atoms with Gasteiger partial charge in [-0.2, -0.15) is 5.10 Å². The van der Waals surface area contributed by atoms with E-state index in [2.05, 4.69) is 27.2 Å². The number of carbonyl (C=O) groups excluding carboxylic acids is 1.